The Bertz CT molecular complexity index is 283. The molecule has 1 atom stereocenters. The largest absolute Gasteiger partial charge is 0.382 e. The number of aromatic nitrogens is 2. The Kier molecular flexibility index (Phi) is 4.62. The van der Waals surface area contributed by atoms with Gasteiger partial charge >= 0.3 is 0 Å². The molecule has 0 spiro atoms. The van der Waals surface area contributed by atoms with Crippen LogP contribution < -0.4 is 5.73 Å². The minimum Gasteiger partial charge on any atom is -0.382 e. The molecular formula is C11H21N3O. The molecule has 0 aliphatic carbocycles. The molecule has 1 heterocycles. The Morgan fingerprint density at radius 2 is 2.20 bits per heavy atom. The molecule has 0 aromatic carbocycles. The van der Waals surface area contributed by atoms with Crippen molar-refractivity contribution in [2.24, 2.45) is 5.92 Å². The quantitative estimate of drug-likeness (QED) is 0.782. The van der Waals surface area contributed by atoms with E-state index in [-0.39, 0.29) is 0 Å². The molecule has 4 heteroatoms. The fourth-order valence-corrected chi connectivity index (χ4v) is 1.58. The topological polar surface area (TPSA) is 53.1 Å². The molecule has 0 fully saturated rings. The minimum atomic E-state index is 0.318. The summed E-state index contributed by atoms with van der Waals surface area (Å²) in [6.07, 6.45) is 3.28. The molecule has 0 aliphatic heterocycles. The lowest BCUT2D eigenvalue weighted by Gasteiger charge is -2.14. The van der Waals surface area contributed by atoms with Gasteiger partial charge in [-0.2, -0.15) is 5.10 Å². The second-order valence-corrected chi connectivity index (χ2v) is 4.31. The van der Waals surface area contributed by atoms with Gasteiger partial charge in [0.25, 0.3) is 0 Å². The summed E-state index contributed by atoms with van der Waals surface area (Å²) in [7, 11) is 0. The maximum absolute atomic E-state index is 5.66. The first-order valence-electron chi connectivity index (χ1n) is 5.48. The molecule has 86 valence electrons. The van der Waals surface area contributed by atoms with Crippen LogP contribution in [-0.2, 0) is 11.3 Å². The SMILES string of the molecule is CC(C)CC(C)OCCn1ccc(N)n1. The molecule has 2 N–H and O–H groups in total. The highest BCUT2D eigenvalue weighted by atomic mass is 16.5. The van der Waals surface area contributed by atoms with Crippen LogP contribution in [0.4, 0.5) is 5.82 Å². The number of nitrogen functional groups attached to an aromatic ring is 1. The number of nitrogens with zero attached hydrogens (tertiary/aromatic N) is 2. The van der Waals surface area contributed by atoms with Crippen LogP contribution in [0.15, 0.2) is 12.3 Å². The van der Waals surface area contributed by atoms with Crippen LogP contribution in [0, 0.1) is 5.92 Å². The summed E-state index contributed by atoms with van der Waals surface area (Å²) in [5, 5.41) is 4.08. The Labute approximate surface area is 91.4 Å². The lowest BCUT2D eigenvalue weighted by molar-refractivity contribution is 0.0455. The maximum Gasteiger partial charge on any atom is 0.145 e. The summed E-state index contributed by atoms with van der Waals surface area (Å²) in [6, 6.07) is 1.79. The maximum atomic E-state index is 5.66. The molecule has 15 heavy (non-hydrogen) atoms. The van der Waals surface area contributed by atoms with Crippen molar-refractivity contribution in [2.75, 3.05) is 12.3 Å². The minimum absolute atomic E-state index is 0.318. The Morgan fingerprint density at radius 3 is 2.73 bits per heavy atom. The van der Waals surface area contributed by atoms with E-state index in [0.717, 1.165) is 13.0 Å². The summed E-state index contributed by atoms with van der Waals surface area (Å²) in [5.41, 5.74) is 5.50. The molecule has 1 aromatic heterocycles. The van der Waals surface area contributed by atoms with Crippen molar-refractivity contribution >= 4 is 5.82 Å². The summed E-state index contributed by atoms with van der Waals surface area (Å²) in [4.78, 5) is 0. The Balaban J connectivity index is 2.16. The van der Waals surface area contributed by atoms with Crippen LogP contribution in [0.2, 0.25) is 0 Å². The van der Waals surface area contributed by atoms with Gasteiger partial charge < -0.3 is 10.5 Å². The highest BCUT2D eigenvalue weighted by molar-refractivity contribution is 5.23. The summed E-state index contributed by atoms with van der Waals surface area (Å²) in [5.74, 6) is 1.24. The highest BCUT2D eigenvalue weighted by Gasteiger charge is 2.04. The second-order valence-electron chi connectivity index (χ2n) is 4.31. The zero-order chi connectivity index (χ0) is 11.3. The van der Waals surface area contributed by atoms with Crippen molar-refractivity contribution < 1.29 is 4.74 Å². The van der Waals surface area contributed by atoms with Gasteiger partial charge in [0.15, 0.2) is 0 Å². The lowest BCUT2D eigenvalue weighted by atomic mass is 10.1. The van der Waals surface area contributed by atoms with Crippen LogP contribution in [0.1, 0.15) is 27.2 Å². The summed E-state index contributed by atoms with van der Waals surface area (Å²) >= 11 is 0. The van der Waals surface area contributed by atoms with E-state index in [4.69, 9.17) is 10.5 Å². The summed E-state index contributed by atoms with van der Waals surface area (Å²) < 4.78 is 7.47. The third-order valence-corrected chi connectivity index (χ3v) is 2.19. The van der Waals surface area contributed by atoms with Crippen LogP contribution in [0.5, 0.6) is 0 Å². The molecule has 4 nitrogen and oxygen atoms in total. The van der Waals surface area contributed by atoms with Gasteiger partial charge in [-0.05, 0) is 25.3 Å². The predicted molar refractivity (Wildman–Crippen MR) is 61.5 cm³/mol. The standard InChI is InChI=1S/C11H21N3O/c1-9(2)8-10(3)15-7-6-14-5-4-11(12)13-14/h4-5,9-10H,6-8H2,1-3H3,(H2,12,13). The average Bonchev–Trinajstić information content (AvgIpc) is 2.50. The van der Waals surface area contributed by atoms with Gasteiger partial charge in [-0.3, -0.25) is 4.68 Å². The molecule has 0 saturated carbocycles. The predicted octanol–water partition coefficient (Wildman–Crippen LogP) is 1.92. The van der Waals surface area contributed by atoms with Gasteiger partial charge in [0.2, 0.25) is 0 Å². The first kappa shape index (κ1) is 12.0. The monoisotopic (exact) mass is 211 g/mol. The van der Waals surface area contributed by atoms with Gasteiger partial charge in [0.05, 0.1) is 19.3 Å². The van der Waals surface area contributed by atoms with E-state index in [2.05, 4.69) is 25.9 Å². The van der Waals surface area contributed by atoms with E-state index < -0.39 is 0 Å². The fraction of sp³-hybridized carbons (Fsp3) is 0.727. The molecule has 0 saturated heterocycles. The van der Waals surface area contributed by atoms with E-state index in [1.807, 2.05) is 6.20 Å². The molecular weight excluding hydrogens is 190 g/mol. The first-order valence-corrected chi connectivity index (χ1v) is 5.48. The van der Waals surface area contributed by atoms with E-state index >= 15 is 0 Å². The number of hydrogen-bond acceptors (Lipinski definition) is 3. The van der Waals surface area contributed by atoms with E-state index in [1.54, 1.807) is 10.7 Å². The van der Waals surface area contributed by atoms with E-state index in [1.165, 1.54) is 0 Å². The average molecular weight is 211 g/mol. The van der Waals surface area contributed by atoms with Crippen molar-refractivity contribution in [3.63, 3.8) is 0 Å². The van der Waals surface area contributed by atoms with Gasteiger partial charge in [0, 0.05) is 6.20 Å². The highest BCUT2D eigenvalue weighted by Crippen LogP contribution is 2.07. The normalized spacial score (nSPS) is 13.3. The smallest absolute Gasteiger partial charge is 0.145 e. The van der Waals surface area contributed by atoms with Gasteiger partial charge in [-0.1, -0.05) is 13.8 Å². The zero-order valence-corrected chi connectivity index (χ0v) is 9.81. The number of hydrogen-bond donors (Lipinski definition) is 1. The van der Waals surface area contributed by atoms with Crippen molar-refractivity contribution in [3.8, 4) is 0 Å². The van der Waals surface area contributed by atoms with Crippen LogP contribution in [0.3, 0.4) is 0 Å². The molecule has 1 rings (SSSR count). The molecule has 0 aliphatic rings. The molecule has 0 bridgehead atoms. The molecule has 1 unspecified atom stereocenters. The summed E-state index contributed by atoms with van der Waals surface area (Å²) in [6.45, 7) is 7.97. The van der Waals surface area contributed by atoms with E-state index in [0.29, 0.717) is 24.4 Å². The third-order valence-electron chi connectivity index (χ3n) is 2.19. The fourth-order valence-electron chi connectivity index (χ4n) is 1.58. The third kappa shape index (κ3) is 4.83. The van der Waals surface area contributed by atoms with Crippen molar-refractivity contribution in [1.82, 2.24) is 9.78 Å². The lowest BCUT2D eigenvalue weighted by Crippen LogP contribution is -2.15. The molecule has 0 amide bonds. The number of anilines is 1. The number of rotatable bonds is 6. The van der Waals surface area contributed by atoms with Gasteiger partial charge in [-0.15, -0.1) is 0 Å². The van der Waals surface area contributed by atoms with E-state index in [9.17, 15) is 0 Å². The van der Waals surface area contributed by atoms with Gasteiger partial charge in [-0.25, -0.2) is 0 Å². The number of nitrogens with two attached hydrogens (primary N) is 1. The van der Waals surface area contributed by atoms with Crippen molar-refractivity contribution in [1.29, 1.82) is 0 Å². The Morgan fingerprint density at radius 1 is 1.47 bits per heavy atom. The number of ether oxygens (including phenoxy) is 1. The molecule has 1 aromatic rings. The van der Waals surface area contributed by atoms with Crippen molar-refractivity contribution in [3.05, 3.63) is 12.3 Å². The Hall–Kier alpha value is -1.03. The van der Waals surface area contributed by atoms with Crippen LogP contribution >= 0.6 is 0 Å². The zero-order valence-electron chi connectivity index (χ0n) is 9.81. The van der Waals surface area contributed by atoms with Crippen molar-refractivity contribution in [2.45, 2.75) is 39.8 Å². The van der Waals surface area contributed by atoms with Crippen LogP contribution in [-0.4, -0.2) is 22.5 Å². The first-order chi connectivity index (χ1) is 7.08. The van der Waals surface area contributed by atoms with Gasteiger partial charge in [0.1, 0.15) is 5.82 Å². The van der Waals surface area contributed by atoms with Crippen LogP contribution in [0.25, 0.3) is 0 Å². The molecule has 0 radical (unpaired) electrons. The second kappa shape index (κ2) is 5.75.